The molecule has 4 rings (SSSR count). The molecule has 0 radical (unpaired) electrons. The van der Waals surface area contributed by atoms with Gasteiger partial charge in [0, 0.05) is 30.4 Å². The molecule has 1 aromatic heterocycles. The summed E-state index contributed by atoms with van der Waals surface area (Å²) in [6.07, 6.45) is 10.7. The van der Waals surface area contributed by atoms with Crippen molar-refractivity contribution in [2.24, 2.45) is 11.3 Å². The van der Waals surface area contributed by atoms with Crippen LogP contribution in [0.5, 0.6) is 0 Å². The van der Waals surface area contributed by atoms with E-state index in [1.807, 2.05) is 11.0 Å². The summed E-state index contributed by atoms with van der Waals surface area (Å²) >= 11 is 0. The van der Waals surface area contributed by atoms with Crippen molar-refractivity contribution >= 4 is 5.91 Å². The predicted octanol–water partition coefficient (Wildman–Crippen LogP) is 2.59. The summed E-state index contributed by atoms with van der Waals surface area (Å²) in [5.41, 5.74) is 3.07. The maximum Gasteiger partial charge on any atom is 0.255 e. The Morgan fingerprint density at radius 1 is 1.35 bits per heavy atom. The van der Waals surface area contributed by atoms with Crippen molar-refractivity contribution in [1.29, 1.82) is 0 Å². The van der Waals surface area contributed by atoms with E-state index in [4.69, 9.17) is 0 Å². The normalized spacial score (nSPS) is 27.1. The molecule has 2 heterocycles. The number of piperidine rings is 1. The zero-order valence-corrected chi connectivity index (χ0v) is 13.8. The summed E-state index contributed by atoms with van der Waals surface area (Å²) in [5.74, 6) is 0.874. The number of pyridine rings is 1. The molecule has 1 amide bonds. The molecule has 1 unspecified atom stereocenters. The van der Waals surface area contributed by atoms with Crippen LogP contribution in [0.15, 0.2) is 12.3 Å². The number of carbonyl (C=O) groups excluding carboxylic acids is 1. The molecule has 1 aromatic rings. The molecule has 23 heavy (non-hydrogen) atoms. The van der Waals surface area contributed by atoms with E-state index in [0.29, 0.717) is 6.54 Å². The molecule has 0 spiro atoms. The second-order valence-electron chi connectivity index (χ2n) is 7.82. The van der Waals surface area contributed by atoms with Gasteiger partial charge in [0.25, 0.3) is 5.91 Å². The Hall–Kier alpha value is -1.42. The summed E-state index contributed by atoms with van der Waals surface area (Å²) in [4.78, 5) is 19.4. The number of amides is 1. The van der Waals surface area contributed by atoms with Crippen LogP contribution < -0.4 is 0 Å². The summed E-state index contributed by atoms with van der Waals surface area (Å²) < 4.78 is 0. The van der Waals surface area contributed by atoms with E-state index < -0.39 is 0 Å². The van der Waals surface area contributed by atoms with Gasteiger partial charge in [-0.05, 0) is 56.1 Å². The highest BCUT2D eigenvalue weighted by molar-refractivity contribution is 5.94. The number of rotatable bonds is 4. The first-order valence-corrected chi connectivity index (χ1v) is 9.07. The van der Waals surface area contributed by atoms with Crippen molar-refractivity contribution in [2.45, 2.75) is 51.4 Å². The quantitative estimate of drug-likeness (QED) is 0.929. The molecule has 1 saturated heterocycles. The molecule has 1 N–H and O–H groups in total. The van der Waals surface area contributed by atoms with Gasteiger partial charge in [-0.2, -0.15) is 0 Å². The van der Waals surface area contributed by atoms with Crippen molar-refractivity contribution in [3.63, 3.8) is 0 Å². The molecule has 0 aromatic carbocycles. The van der Waals surface area contributed by atoms with Gasteiger partial charge in [-0.25, -0.2) is 0 Å². The Morgan fingerprint density at radius 2 is 2.22 bits per heavy atom. The van der Waals surface area contributed by atoms with Crippen LogP contribution in [-0.4, -0.2) is 40.6 Å². The zero-order valence-electron chi connectivity index (χ0n) is 13.8. The lowest BCUT2D eigenvalue weighted by Gasteiger charge is -2.42. The van der Waals surface area contributed by atoms with Crippen molar-refractivity contribution in [2.75, 3.05) is 19.7 Å². The zero-order chi connectivity index (χ0) is 15.9. The molecule has 4 heteroatoms. The van der Waals surface area contributed by atoms with E-state index in [1.165, 1.54) is 24.1 Å². The standard InChI is InChI=1S/C19H26N2O2/c22-13-19(10-14-5-6-14)7-2-8-21(12-19)18(23)16-9-15-3-1-4-17(15)20-11-16/h9,11,14,22H,1-8,10,12-13H2. The third-order valence-corrected chi connectivity index (χ3v) is 5.87. The van der Waals surface area contributed by atoms with Crippen LogP contribution in [0.25, 0.3) is 0 Å². The van der Waals surface area contributed by atoms with Crippen LogP contribution in [0.1, 0.15) is 60.1 Å². The summed E-state index contributed by atoms with van der Waals surface area (Å²) in [6, 6.07) is 2.05. The number of aliphatic hydroxyl groups is 1. The van der Waals surface area contributed by atoms with E-state index in [9.17, 15) is 9.90 Å². The first-order valence-electron chi connectivity index (χ1n) is 9.07. The topological polar surface area (TPSA) is 53.4 Å². The maximum atomic E-state index is 12.9. The van der Waals surface area contributed by atoms with Crippen molar-refractivity contribution in [3.8, 4) is 0 Å². The first-order chi connectivity index (χ1) is 11.2. The lowest BCUT2D eigenvalue weighted by molar-refractivity contribution is 0.0196. The number of nitrogens with zero attached hydrogens (tertiary/aromatic N) is 2. The molecule has 2 fully saturated rings. The van der Waals surface area contributed by atoms with E-state index in [-0.39, 0.29) is 17.9 Å². The molecule has 1 atom stereocenters. The summed E-state index contributed by atoms with van der Waals surface area (Å²) in [6.45, 7) is 1.72. The third-order valence-electron chi connectivity index (χ3n) is 5.87. The third kappa shape index (κ3) is 3.01. The Morgan fingerprint density at radius 3 is 3.00 bits per heavy atom. The van der Waals surface area contributed by atoms with Gasteiger partial charge < -0.3 is 10.0 Å². The molecule has 2 aliphatic carbocycles. The molecule has 0 bridgehead atoms. The SMILES string of the molecule is O=C(c1cnc2c(c1)CCC2)N1CCCC(CO)(CC2CC2)C1. The van der Waals surface area contributed by atoms with Crippen LogP contribution in [0, 0.1) is 11.3 Å². The van der Waals surface area contributed by atoms with Gasteiger partial charge in [0.2, 0.25) is 0 Å². The number of aromatic nitrogens is 1. The van der Waals surface area contributed by atoms with Gasteiger partial charge in [0.05, 0.1) is 12.2 Å². The number of carbonyl (C=O) groups is 1. The van der Waals surface area contributed by atoms with Gasteiger partial charge in [-0.3, -0.25) is 9.78 Å². The Kier molecular flexibility index (Phi) is 3.88. The number of aliphatic hydroxyl groups excluding tert-OH is 1. The molecular formula is C19H26N2O2. The fourth-order valence-corrected chi connectivity index (χ4v) is 4.40. The first kappa shape index (κ1) is 15.1. The number of likely N-dealkylation sites (tertiary alicyclic amines) is 1. The van der Waals surface area contributed by atoms with Crippen LogP contribution >= 0.6 is 0 Å². The van der Waals surface area contributed by atoms with Crippen molar-refractivity contribution < 1.29 is 9.90 Å². The summed E-state index contributed by atoms with van der Waals surface area (Å²) in [7, 11) is 0. The fourth-order valence-electron chi connectivity index (χ4n) is 4.40. The van der Waals surface area contributed by atoms with E-state index in [1.54, 1.807) is 6.20 Å². The van der Waals surface area contributed by atoms with Crippen LogP contribution in [0.4, 0.5) is 0 Å². The lowest BCUT2D eigenvalue weighted by Crippen LogP contribution is -2.48. The maximum absolute atomic E-state index is 12.9. The second kappa shape index (κ2) is 5.90. The Balaban J connectivity index is 1.51. The van der Waals surface area contributed by atoms with Crippen molar-refractivity contribution in [3.05, 3.63) is 29.1 Å². The lowest BCUT2D eigenvalue weighted by atomic mass is 9.76. The Labute approximate surface area is 137 Å². The number of fused-ring (bicyclic) bond motifs is 1. The van der Waals surface area contributed by atoms with Gasteiger partial charge >= 0.3 is 0 Å². The average molecular weight is 314 g/mol. The summed E-state index contributed by atoms with van der Waals surface area (Å²) in [5, 5.41) is 9.96. The van der Waals surface area contributed by atoms with Gasteiger partial charge in [-0.15, -0.1) is 0 Å². The minimum atomic E-state index is -0.0702. The second-order valence-corrected chi connectivity index (χ2v) is 7.82. The monoisotopic (exact) mass is 314 g/mol. The molecule has 124 valence electrons. The molecule has 1 saturated carbocycles. The van der Waals surface area contributed by atoms with E-state index >= 15 is 0 Å². The average Bonchev–Trinajstić information content (AvgIpc) is 3.26. The predicted molar refractivity (Wildman–Crippen MR) is 88.3 cm³/mol. The van der Waals surface area contributed by atoms with E-state index in [0.717, 1.165) is 56.6 Å². The highest BCUT2D eigenvalue weighted by Crippen LogP contribution is 2.44. The highest BCUT2D eigenvalue weighted by Gasteiger charge is 2.41. The molecule has 4 nitrogen and oxygen atoms in total. The van der Waals surface area contributed by atoms with Gasteiger partial charge in [-0.1, -0.05) is 12.8 Å². The van der Waals surface area contributed by atoms with Crippen LogP contribution in [-0.2, 0) is 12.8 Å². The number of hydrogen-bond acceptors (Lipinski definition) is 3. The van der Waals surface area contributed by atoms with Crippen LogP contribution in [0.2, 0.25) is 0 Å². The minimum Gasteiger partial charge on any atom is -0.396 e. The minimum absolute atomic E-state index is 0.0702. The molecular weight excluding hydrogens is 288 g/mol. The van der Waals surface area contributed by atoms with Gasteiger partial charge in [0.15, 0.2) is 0 Å². The fraction of sp³-hybridized carbons (Fsp3) is 0.684. The van der Waals surface area contributed by atoms with Crippen molar-refractivity contribution in [1.82, 2.24) is 9.88 Å². The van der Waals surface area contributed by atoms with Gasteiger partial charge in [0.1, 0.15) is 0 Å². The largest absolute Gasteiger partial charge is 0.396 e. The Bertz CT molecular complexity index is 611. The van der Waals surface area contributed by atoms with E-state index in [2.05, 4.69) is 4.98 Å². The molecule has 3 aliphatic rings. The smallest absolute Gasteiger partial charge is 0.255 e. The highest BCUT2D eigenvalue weighted by atomic mass is 16.3. The van der Waals surface area contributed by atoms with Crippen LogP contribution in [0.3, 0.4) is 0 Å². The molecule has 1 aliphatic heterocycles. The number of aryl methyl sites for hydroxylation is 2. The number of hydrogen-bond donors (Lipinski definition) is 1.